The number of hydrogen-bond donors (Lipinski definition) is 0. The van der Waals surface area contributed by atoms with E-state index in [-0.39, 0.29) is 0 Å². The van der Waals surface area contributed by atoms with E-state index in [0.29, 0.717) is 0 Å². The normalized spacial score (nSPS) is 21.3. The lowest BCUT2D eigenvalue weighted by Gasteiger charge is -2.01. The summed E-state index contributed by atoms with van der Waals surface area (Å²) < 4.78 is 0. The van der Waals surface area contributed by atoms with Crippen molar-refractivity contribution in [1.82, 2.24) is 0 Å². The summed E-state index contributed by atoms with van der Waals surface area (Å²) in [6.07, 6.45) is 19.6. The topological polar surface area (TPSA) is 36.4 Å². The van der Waals surface area contributed by atoms with E-state index in [1.54, 1.807) is 0 Å². The van der Waals surface area contributed by atoms with Gasteiger partial charge in [0.1, 0.15) is 0 Å². The van der Waals surface area contributed by atoms with Crippen LogP contribution in [0.3, 0.4) is 0 Å². The summed E-state index contributed by atoms with van der Waals surface area (Å²) in [5.74, 6) is 0. The minimum absolute atomic E-state index is 0.847. The van der Waals surface area contributed by atoms with Crippen molar-refractivity contribution < 1.29 is 4.79 Å². The van der Waals surface area contributed by atoms with Crippen LogP contribution in [0.25, 0.3) is 5.53 Å². The highest BCUT2D eigenvalue weighted by atomic mass is 14.8. The van der Waals surface area contributed by atoms with Crippen molar-refractivity contribution in [3.8, 4) is 0 Å². The Morgan fingerprint density at radius 2 is 1.29 bits per heavy atom. The molecule has 1 aliphatic rings. The molecule has 2 heteroatoms. The molecule has 17 heavy (non-hydrogen) atoms. The average Bonchev–Trinajstić information content (AvgIpc) is 2.36. The molecule has 0 aliphatic heterocycles. The van der Waals surface area contributed by atoms with Crippen LogP contribution in [0.5, 0.6) is 0 Å². The van der Waals surface area contributed by atoms with Gasteiger partial charge in [0.15, 0.2) is 0 Å². The van der Waals surface area contributed by atoms with Crippen LogP contribution in [-0.2, 0) is 0 Å². The van der Waals surface area contributed by atoms with Crippen molar-refractivity contribution in [1.29, 1.82) is 0 Å². The second-order valence-electron chi connectivity index (χ2n) is 5.07. The van der Waals surface area contributed by atoms with Crippen molar-refractivity contribution in [3.63, 3.8) is 0 Å². The molecule has 0 fully saturated rings. The molecule has 1 rings (SSSR count). The van der Waals surface area contributed by atoms with Crippen LogP contribution in [0.4, 0.5) is 0 Å². The molecule has 2 nitrogen and oxygen atoms in total. The lowest BCUT2D eigenvalue weighted by atomic mass is 10.1. The zero-order chi connectivity index (χ0) is 12.2. The molecule has 0 unspecified atom stereocenters. The first-order chi connectivity index (χ1) is 8.43. The van der Waals surface area contributed by atoms with Crippen LogP contribution in [-0.4, -0.2) is 10.5 Å². The third-order valence-electron chi connectivity index (χ3n) is 3.49. The standard InChI is InChI=1S/C15H26N2/c16-17-15-13-11-9-7-5-3-1-2-4-6-8-10-12-14-15/h11,13H,1-10,12,14H2. The summed E-state index contributed by atoms with van der Waals surface area (Å²) in [5, 5.41) is 0. The zero-order valence-electron chi connectivity index (χ0n) is 11.0. The molecule has 0 aromatic heterocycles. The molecule has 0 saturated carbocycles. The molecule has 0 bridgehead atoms. The Balaban J connectivity index is 2.33. The highest BCUT2D eigenvalue weighted by molar-refractivity contribution is 5.89. The van der Waals surface area contributed by atoms with Gasteiger partial charge in [-0.15, -0.1) is 0 Å². The van der Waals surface area contributed by atoms with Crippen molar-refractivity contribution in [2.24, 2.45) is 0 Å². The Kier molecular flexibility index (Phi) is 8.58. The summed E-state index contributed by atoms with van der Waals surface area (Å²) >= 11 is 0. The van der Waals surface area contributed by atoms with Gasteiger partial charge in [0.25, 0.3) is 5.71 Å². The Labute approximate surface area is 106 Å². The monoisotopic (exact) mass is 234 g/mol. The fourth-order valence-electron chi connectivity index (χ4n) is 2.37. The molecule has 0 amide bonds. The van der Waals surface area contributed by atoms with E-state index in [0.717, 1.165) is 25.0 Å². The maximum Gasteiger partial charge on any atom is 0.291 e. The molecule has 0 aromatic carbocycles. The van der Waals surface area contributed by atoms with Gasteiger partial charge in [-0.3, -0.25) is 0 Å². The van der Waals surface area contributed by atoms with Crippen molar-refractivity contribution >= 4 is 5.71 Å². The largest absolute Gasteiger partial charge is 0.361 e. The number of rotatable bonds is 0. The Morgan fingerprint density at radius 3 is 1.88 bits per heavy atom. The molecule has 0 saturated heterocycles. The smallest absolute Gasteiger partial charge is 0.291 e. The van der Waals surface area contributed by atoms with E-state index in [1.807, 2.05) is 6.08 Å². The first-order valence-corrected chi connectivity index (χ1v) is 7.31. The van der Waals surface area contributed by atoms with Crippen LogP contribution in [0.15, 0.2) is 12.2 Å². The minimum Gasteiger partial charge on any atom is -0.361 e. The van der Waals surface area contributed by atoms with Crippen molar-refractivity contribution in [2.75, 3.05) is 0 Å². The van der Waals surface area contributed by atoms with Crippen LogP contribution in [0.1, 0.15) is 77.0 Å². The molecular formula is C15H26N2. The number of allylic oxidation sites excluding steroid dienone is 2. The van der Waals surface area contributed by atoms with Gasteiger partial charge in [0, 0.05) is 12.5 Å². The minimum atomic E-state index is 0.847. The maximum atomic E-state index is 8.88. The first kappa shape index (κ1) is 14.2. The van der Waals surface area contributed by atoms with E-state index >= 15 is 0 Å². The molecular weight excluding hydrogens is 208 g/mol. The summed E-state index contributed by atoms with van der Waals surface area (Å²) in [4.78, 5) is 3.37. The number of nitrogens with zero attached hydrogens (tertiary/aromatic N) is 2. The SMILES string of the molecule is [N-]=[N+]=C1C=CCCCCCCCCCCCC1. The predicted molar refractivity (Wildman–Crippen MR) is 73.2 cm³/mol. The van der Waals surface area contributed by atoms with Gasteiger partial charge in [-0.1, -0.05) is 57.4 Å². The third kappa shape index (κ3) is 7.93. The van der Waals surface area contributed by atoms with Gasteiger partial charge in [0.05, 0.1) is 0 Å². The Bertz CT molecular complexity index is 262. The molecule has 0 atom stereocenters. The fraction of sp³-hybridized carbons (Fsp3) is 0.800. The van der Waals surface area contributed by atoms with Crippen molar-refractivity contribution in [2.45, 2.75) is 77.0 Å². The zero-order valence-corrected chi connectivity index (χ0v) is 11.0. The molecule has 0 heterocycles. The summed E-state index contributed by atoms with van der Waals surface area (Å²) in [6.45, 7) is 0. The maximum absolute atomic E-state index is 8.88. The van der Waals surface area contributed by atoms with Gasteiger partial charge >= 0.3 is 0 Å². The van der Waals surface area contributed by atoms with E-state index in [1.165, 1.54) is 57.8 Å². The first-order valence-electron chi connectivity index (χ1n) is 7.31. The van der Waals surface area contributed by atoms with Gasteiger partial charge in [-0.2, -0.15) is 4.79 Å². The fourth-order valence-corrected chi connectivity index (χ4v) is 2.37. The predicted octanol–water partition coefficient (Wildman–Crippen LogP) is 4.91. The summed E-state index contributed by atoms with van der Waals surface area (Å²) in [7, 11) is 0. The molecule has 0 spiro atoms. The van der Waals surface area contributed by atoms with E-state index < -0.39 is 0 Å². The van der Waals surface area contributed by atoms with Crippen LogP contribution < -0.4 is 0 Å². The second kappa shape index (κ2) is 10.3. The Hall–Kier alpha value is -0.880. The quantitative estimate of drug-likeness (QED) is 0.422. The lowest BCUT2D eigenvalue weighted by molar-refractivity contribution is -0.00645. The second-order valence-corrected chi connectivity index (χ2v) is 5.07. The summed E-state index contributed by atoms with van der Waals surface area (Å²) in [6, 6.07) is 0. The van der Waals surface area contributed by atoms with E-state index in [2.05, 4.69) is 10.9 Å². The molecule has 96 valence electrons. The van der Waals surface area contributed by atoms with Crippen LogP contribution in [0.2, 0.25) is 0 Å². The van der Waals surface area contributed by atoms with Crippen LogP contribution >= 0.6 is 0 Å². The third-order valence-corrected chi connectivity index (χ3v) is 3.49. The van der Waals surface area contributed by atoms with Crippen molar-refractivity contribution in [3.05, 3.63) is 17.7 Å². The average molecular weight is 234 g/mol. The van der Waals surface area contributed by atoms with Gasteiger partial charge in [-0.05, 0) is 19.3 Å². The highest BCUT2D eigenvalue weighted by Crippen LogP contribution is 2.13. The Morgan fingerprint density at radius 1 is 0.765 bits per heavy atom. The van der Waals surface area contributed by atoms with Gasteiger partial charge in [-0.25, -0.2) is 0 Å². The molecule has 0 radical (unpaired) electrons. The lowest BCUT2D eigenvalue weighted by Crippen LogP contribution is -1.95. The molecule has 1 aliphatic carbocycles. The van der Waals surface area contributed by atoms with Crippen LogP contribution in [0, 0.1) is 0 Å². The number of hydrogen-bond acceptors (Lipinski definition) is 0. The van der Waals surface area contributed by atoms with E-state index in [9.17, 15) is 0 Å². The van der Waals surface area contributed by atoms with Gasteiger partial charge in [0.2, 0.25) is 0 Å². The molecule has 0 aromatic rings. The molecule has 0 N–H and O–H groups in total. The summed E-state index contributed by atoms with van der Waals surface area (Å²) in [5.41, 5.74) is 9.73. The van der Waals surface area contributed by atoms with Gasteiger partial charge < -0.3 is 5.53 Å². The van der Waals surface area contributed by atoms with E-state index in [4.69, 9.17) is 5.53 Å². The highest BCUT2D eigenvalue weighted by Gasteiger charge is 2.03.